The van der Waals surface area contributed by atoms with Gasteiger partial charge in [0.25, 0.3) is 0 Å². The average molecular weight is 1130 g/mol. The maximum atomic E-state index is 11.3. The predicted octanol–water partition coefficient (Wildman–Crippen LogP) is 18.8. The summed E-state index contributed by atoms with van der Waals surface area (Å²) in [7, 11) is 0. The zero-order valence-electron chi connectivity index (χ0n) is 46.9. The number of rotatable bonds is 15. The number of benzene rings is 7. The lowest BCUT2D eigenvalue weighted by Gasteiger charge is -2.32. The number of anilines is 7. The van der Waals surface area contributed by atoms with Gasteiger partial charge in [-0.1, -0.05) is 110 Å². The van der Waals surface area contributed by atoms with Gasteiger partial charge in [-0.05, 0) is 212 Å². The lowest BCUT2D eigenvalue weighted by atomic mass is 9.96. The first-order valence-electron chi connectivity index (χ1n) is 28.0. The number of thiophene rings is 2. The smallest absolute Gasteiger partial charge is 0.346 e. The van der Waals surface area contributed by atoms with Crippen molar-refractivity contribution in [3.63, 3.8) is 0 Å². The van der Waals surface area contributed by atoms with Crippen LogP contribution in [0.3, 0.4) is 0 Å². The number of nitriles is 2. The molecular formula is C72H63N5O4S2. The second-order valence-corrected chi connectivity index (χ2v) is 23.2. The van der Waals surface area contributed by atoms with Crippen molar-refractivity contribution >= 4 is 98.7 Å². The van der Waals surface area contributed by atoms with E-state index < -0.39 is 11.9 Å². The Hall–Kier alpha value is -9.52. The molecule has 2 aliphatic rings. The maximum Gasteiger partial charge on any atom is 0.346 e. The molecule has 0 saturated carbocycles. The molecule has 1 unspecified atom stereocenters. The van der Waals surface area contributed by atoms with Crippen LogP contribution in [0.1, 0.15) is 88.4 Å². The van der Waals surface area contributed by atoms with Gasteiger partial charge in [0.05, 0.1) is 0 Å². The van der Waals surface area contributed by atoms with Gasteiger partial charge < -0.3 is 24.9 Å². The summed E-state index contributed by atoms with van der Waals surface area (Å²) < 4.78 is 0. The van der Waals surface area contributed by atoms with Crippen LogP contribution in [0.15, 0.2) is 193 Å². The van der Waals surface area contributed by atoms with Gasteiger partial charge in [0, 0.05) is 72.4 Å². The Morgan fingerprint density at radius 2 is 1.01 bits per heavy atom. The van der Waals surface area contributed by atoms with E-state index in [1.165, 1.54) is 67.6 Å². The van der Waals surface area contributed by atoms with E-state index in [0.29, 0.717) is 5.92 Å². The minimum Gasteiger partial charge on any atom is -0.477 e. The van der Waals surface area contributed by atoms with Crippen molar-refractivity contribution in [1.82, 2.24) is 0 Å². The summed E-state index contributed by atoms with van der Waals surface area (Å²) in [5, 5.41) is 36.5. The number of fused-ring (bicyclic) bond motifs is 2. The lowest BCUT2D eigenvalue weighted by molar-refractivity contribution is -0.133. The molecule has 4 heterocycles. The highest BCUT2D eigenvalue weighted by molar-refractivity contribution is 7.24. The zero-order valence-corrected chi connectivity index (χ0v) is 48.6. The molecule has 2 aromatic heterocycles. The van der Waals surface area contributed by atoms with Gasteiger partial charge >= 0.3 is 11.9 Å². The first-order chi connectivity index (χ1) is 40.3. The Morgan fingerprint density at radius 3 is 1.55 bits per heavy atom. The van der Waals surface area contributed by atoms with Crippen LogP contribution >= 0.6 is 22.7 Å². The number of carboxylic acid groups (broad SMARTS) is 2. The summed E-state index contributed by atoms with van der Waals surface area (Å²) >= 11 is 3.23. The van der Waals surface area contributed by atoms with Crippen molar-refractivity contribution < 1.29 is 19.8 Å². The van der Waals surface area contributed by atoms with Gasteiger partial charge in [0.1, 0.15) is 23.3 Å². The van der Waals surface area contributed by atoms with Gasteiger partial charge in [-0.2, -0.15) is 10.5 Å². The number of hydrogen-bond donors (Lipinski definition) is 2. The normalized spacial score (nSPS) is 13.5. The fourth-order valence-electron chi connectivity index (χ4n) is 10.5. The number of aryl methyl sites for hydroxylation is 4. The standard InChI is InChI=1S/C41H35N3O2.C31H28N2O2S2/c1-29-5-16-37(17-6-29)44(38-18-7-30(2)8-19-38)39-22-13-32(14-23-39)10-9-31-11-20-36(21-12-31)43-25-3-4-34-26-33(15-24-40(34)43)27-35(28-42)41(45)46;1-3-20(2)21-6-9-25(10-7-21)33-16-4-5-22-17-23(8-12-27(22)33)28-14-15-30(37-28)29-13-11-26(36-29)18-24(19-32)31(34)35/h5-24,26-27H,3-4,25H2,1-2H3,(H,45,46);6-15,17-18,20H,3-5,16H2,1-2H3,(H,34,35)/b10-9+,35-27+;24-18+. The summed E-state index contributed by atoms with van der Waals surface area (Å²) in [4.78, 5) is 33.6. The SMILES string of the molecule is CCC(C)c1ccc(N2CCCc3cc(-c4ccc(-c5ccc(/C=C(\C#N)C(=O)O)s5)s4)ccc32)cc1.Cc1ccc(N(c2ccc(C)cc2)c2ccc(/C=C/c3ccc(N4CCCc5cc(/C=C(\C#N)C(=O)O)ccc54)cc3)cc2)cc1. The van der Waals surface area contributed by atoms with Crippen LogP contribution < -0.4 is 14.7 Å². The van der Waals surface area contributed by atoms with Gasteiger partial charge in [0.2, 0.25) is 0 Å². The molecule has 0 fully saturated rings. The van der Waals surface area contributed by atoms with Crippen LogP contribution in [0.5, 0.6) is 0 Å². The number of carboxylic acids is 2. The molecule has 11 rings (SSSR count). The molecule has 2 aliphatic heterocycles. The minimum atomic E-state index is -1.21. The van der Waals surface area contributed by atoms with Gasteiger partial charge in [-0.3, -0.25) is 0 Å². The molecule has 1 atom stereocenters. The molecule has 412 valence electrons. The fourth-order valence-corrected chi connectivity index (χ4v) is 12.6. The molecule has 0 spiro atoms. The number of hydrogen-bond acceptors (Lipinski definition) is 9. The molecular weight excluding hydrogens is 1060 g/mol. The topological polar surface area (TPSA) is 132 Å². The monoisotopic (exact) mass is 1130 g/mol. The van der Waals surface area contributed by atoms with Crippen molar-refractivity contribution in [3.8, 4) is 32.3 Å². The van der Waals surface area contributed by atoms with Gasteiger partial charge in [-0.15, -0.1) is 22.7 Å². The summed E-state index contributed by atoms with van der Waals surface area (Å²) in [5.41, 5.74) is 18.2. The molecule has 2 N–H and O–H groups in total. The van der Waals surface area contributed by atoms with Gasteiger partial charge in [0.15, 0.2) is 0 Å². The van der Waals surface area contributed by atoms with Crippen LogP contribution in [-0.4, -0.2) is 35.2 Å². The molecule has 11 heteroatoms. The van der Waals surface area contributed by atoms with Crippen molar-refractivity contribution in [2.24, 2.45) is 0 Å². The van der Waals surface area contributed by atoms with E-state index in [-0.39, 0.29) is 11.1 Å². The second-order valence-electron chi connectivity index (χ2n) is 21.0. The highest BCUT2D eigenvalue weighted by atomic mass is 32.1. The quantitative estimate of drug-likeness (QED) is 0.0585. The third kappa shape index (κ3) is 13.5. The van der Waals surface area contributed by atoms with Crippen molar-refractivity contribution in [3.05, 3.63) is 243 Å². The van der Waals surface area contributed by atoms with E-state index in [0.717, 1.165) is 111 Å². The molecule has 0 bridgehead atoms. The highest BCUT2D eigenvalue weighted by Crippen LogP contribution is 2.42. The Bertz CT molecular complexity index is 3930. The average Bonchev–Trinajstić information content (AvgIpc) is 4.30. The molecule has 83 heavy (non-hydrogen) atoms. The number of nitrogens with zero attached hydrogens (tertiary/aromatic N) is 5. The first kappa shape index (κ1) is 56.7. The van der Waals surface area contributed by atoms with E-state index in [1.54, 1.807) is 23.5 Å². The van der Waals surface area contributed by atoms with Crippen molar-refractivity contribution in [2.45, 2.75) is 65.7 Å². The first-order valence-corrected chi connectivity index (χ1v) is 29.6. The molecule has 0 amide bonds. The van der Waals surface area contributed by atoms with Gasteiger partial charge in [-0.25, -0.2) is 9.59 Å². The second kappa shape index (κ2) is 25.9. The van der Waals surface area contributed by atoms with E-state index in [1.807, 2.05) is 30.3 Å². The largest absolute Gasteiger partial charge is 0.477 e. The Kier molecular flexibility index (Phi) is 17.7. The van der Waals surface area contributed by atoms with E-state index in [4.69, 9.17) is 15.6 Å². The summed E-state index contributed by atoms with van der Waals surface area (Å²) in [6.07, 6.45) is 12.4. The molecule has 0 saturated heterocycles. The van der Waals surface area contributed by atoms with E-state index >= 15 is 0 Å². The fraction of sp³-hybridized carbons (Fsp3) is 0.167. The lowest BCUT2D eigenvalue weighted by Crippen LogP contribution is -2.24. The molecule has 9 aromatic rings. The third-order valence-electron chi connectivity index (χ3n) is 15.3. The molecule has 0 radical (unpaired) electrons. The molecule has 9 nitrogen and oxygen atoms in total. The van der Waals surface area contributed by atoms with E-state index in [2.05, 4.69) is 206 Å². The summed E-state index contributed by atoms with van der Waals surface area (Å²) in [6.45, 7) is 10.7. The van der Waals surface area contributed by atoms with Crippen LogP contribution in [0.2, 0.25) is 0 Å². The van der Waals surface area contributed by atoms with Crippen LogP contribution in [0.4, 0.5) is 39.8 Å². The van der Waals surface area contributed by atoms with E-state index in [9.17, 15) is 14.7 Å². The van der Waals surface area contributed by atoms with Crippen molar-refractivity contribution in [1.29, 1.82) is 10.5 Å². The summed E-state index contributed by atoms with van der Waals surface area (Å²) in [5.74, 6) is -1.83. The number of carbonyl (C=O) groups is 2. The predicted molar refractivity (Wildman–Crippen MR) is 344 cm³/mol. The highest BCUT2D eigenvalue weighted by Gasteiger charge is 2.22. The Balaban J connectivity index is 0.000000190. The van der Waals surface area contributed by atoms with Crippen molar-refractivity contribution in [2.75, 3.05) is 27.8 Å². The molecule has 0 aliphatic carbocycles. The Labute approximate surface area is 494 Å². The Morgan fingerprint density at radius 1 is 0.554 bits per heavy atom. The molecule has 7 aromatic carbocycles. The minimum absolute atomic E-state index is 0.255. The third-order valence-corrected chi connectivity index (χ3v) is 17.6. The number of aliphatic carboxylic acids is 2. The van der Waals surface area contributed by atoms with Crippen LogP contribution in [0, 0.1) is 36.5 Å². The maximum absolute atomic E-state index is 11.3. The van der Waals surface area contributed by atoms with Crippen LogP contribution in [-0.2, 0) is 22.4 Å². The van der Waals surface area contributed by atoms with Crippen LogP contribution in [0.25, 0.3) is 44.5 Å². The summed E-state index contributed by atoms with van der Waals surface area (Å²) in [6, 6.07) is 67.8. The zero-order chi connectivity index (χ0) is 58.0.